The average Bonchev–Trinajstić information content (AvgIpc) is 3.25. The summed E-state index contributed by atoms with van der Waals surface area (Å²) in [5, 5.41) is 2.49. The zero-order valence-corrected chi connectivity index (χ0v) is 22.9. The monoisotopic (exact) mass is 602 g/mol. The highest BCUT2D eigenvalue weighted by molar-refractivity contribution is 9.11. The van der Waals surface area contributed by atoms with E-state index in [-0.39, 0.29) is 31.2 Å². The third kappa shape index (κ3) is 7.84. The molecule has 3 rings (SSSR count). The van der Waals surface area contributed by atoms with E-state index in [0.717, 1.165) is 29.7 Å². The van der Waals surface area contributed by atoms with Crippen LogP contribution in [-0.2, 0) is 14.1 Å². The van der Waals surface area contributed by atoms with Gasteiger partial charge in [-0.1, -0.05) is 43.7 Å². The van der Waals surface area contributed by atoms with Crippen molar-refractivity contribution in [2.45, 2.75) is 25.8 Å². The van der Waals surface area contributed by atoms with Gasteiger partial charge in [0.2, 0.25) is 5.91 Å². The maximum Gasteiger partial charge on any atom is 0.409 e. The predicted molar refractivity (Wildman–Crippen MR) is 138 cm³/mol. The normalized spacial score (nSPS) is 14.9. The minimum atomic E-state index is -4.64. The molecule has 0 bridgehead atoms. The van der Waals surface area contributed by atoms with Crippen molar-refractivity contribution in [1.29, 1.82) is 0 Å². The molecule has 196 valence electrons. The van der Waals surface area contributed by atoms with Crippen molar-refractivity contribution < 1.29 is 33.5 Å². The van der Waals surface area contributed by atoms with E-state index in [4.69, 9.17) is 4.74 Å². The second-order valence-corrected chi connectivity index (χ2v) is 12.2. The Labute approximate surface area is 221 Å². The summed E-state index contributed by atoms with van der Waals surface area (Å²) in [5.74, 6) is -1.35. The van der Waals surface area contributed by atoms with Crippen LogP contribution in [0.5, 0.6) is 0 Å². The lowest BCUT2D eigenvalue weighted by Crippen LogP contribution is -2.56. The number of hydrogen-bond acceptors (Lipinski definition) is 7. The van der Waals surface area contributed by atoms with Crippen molar-refractivity contribution in [3.63, 3.8) is 0 Å². The minimum absolute atomic E-state index is 0.0453. The third-order valence-corrected chi connectivity index (χ3v) is 7.97. The number of aromatic nitrogens is 1. The number of thiazole rings is 1. The molecule has 0 unspecified atom stereocenters. The molecule has 1 aromatic carbocycles. The molecule has 36 heavy (non-hydrogen) atoms. The number of ether oxygens (including phenoxy) is 1. The summed E-state index contributed by atoms with van der Waals surface area (Å²) in [6.07, 6.45) is 0.346. The zero-order chi connectivity index (χ0) is 26.3. The van der Waals surface area contributed by atoms with E-state index < -0.39 is 37.7 Å². The molecular weight excluding hydrogens is 575 g/mol. The van der Waals surface area contributed by atoms with Crippen LogP contribution in [0.1, 0.15) is 29.6 Å². The fraction of sp³-hybridized carbons (Fsp3) is 0.455. The van der Waals surface area contributed by atoms with Gasteiger partial charge in [0.1, 0.15) is 6.04 Å². The first kappa shape index (κ1) is 28.3. The number of carbonyl (C=O) groups is 3. The van der Waals surface area contributed by atoms with Crippen LogP contribution in [0.2, 0.25) is 0 Å². The fourth-order valence-corrected chi connectivity index (χ4v) is 5.76. The van der Waals surface area contributed by atoms with E-state index in [1.54, 1.807) is 0 Å². The summed E-state index contributed by atoms with van der Waals surface area (Å²) in [7, 11) is -4.64. The van der Waals surface area contributed by atoms with E-state index >= 15 is 0 Å². The highest BCUT2D eigenvalue weighted by Crippen LogP contribution is 2.36. The number of nitrogens with zero attached hydrogens (tertiary/aromatic N) is 3. The van der Waals surface area contributed by atoms with Crippen LogP contribution in [0.25, 0.3) is 11.3 Å². The van der Waals surface area contributed by atoms with E-state index in [0.29, 0.717) is 16.1 Å². The fourth-order valence-electron chi connectivity index (χ4n) is 3.54. The van der Waals surface area contributed by atoms with Gasteiger partial charge in [0.15, 0.2) is 5.01 Å². The number of carbonyl (C=O) groups excluding carboxylic acids is 3. The first-order valence-electron chi connectivity index (χ1n) is 11.4. The maximum absolute atomic E-state index is 13.1. The molecule has 0 aliphatic carbocycles. The van der Waals surface area contributed by atoms with Crippen molar-refractivity contribution in [2.75, 3.05) is 38.9 Å². The van der Waals surface area contributed by atoms with Crippen LogP contribution >= 0.6 is 34.9 Å². The summed E-state index contributed by atoms with van der Waals surface area (Å²) in [4.78, 5) is 64.4. The van der Waals surface area contributed by atoms with Gasteiger partial charge in [-0.3, -0.25) is 14.2 Å². The number of unbranched alkanes of at least 4 members (excludes halogenated alkanes) is 1. The molecule has 0 saturated carbocycles. The van der Waals surface area contributed by atoms with Gasteiger partial charge in [0.25, 0.3) is 5.91 Å². The highest BCUT2D eigenvalue weighted by atomic mass is 79.9. The van der Waals surface area contributed by atoms with Gasteiger partial charge in [0, 0.05) is 31.7 Å². The molecule has 2 aromatic rings. The molecule has 0 spiro atoms. The van der Waals surface area contributed by atoms with Crippen LogP contribution in [-0.4, -0.2) is 87.5 Å². The van der Waals surface area contributed by atoms with Crippen molar-refractivity contribution in [1.82, 2.24) is 20.1 Å². The number of piperazine rings is 1. The Hall–Kier alpha value is -2.31. The van der Waals surface area contributed by atoms with E-state index in [1.165, 1.54) is 9.80 Å². The Kier molecular flexibility index (Phi) is 10.0. The number of nitrogens with one attached hydrogen (secondary N) is 1. The van der Waals surface area contributed by atoms with E-state index in [9.17, 15) is 28.7 Å². The van der Waals surface area contributed by atoms with Crippen molar-refractivity contribution in [3.05, 3.63) is 39.1 Å². The topological polar surface area (TPSA) is 149 Å². The second-order valence-electron chi connectivity index (χ2n) is 8.16. The molecule has 1 aliphatic heterocycles. The third-order valence-electron chi connectivity index (χ3n) is 5.42. The maximum atomic E-state index is 13.1. The lowest BCUT2D eigenvalue weighted by atomic mass is 10.2. The van der Waals surface area contributed by atoms with Crippen LogP contribution in [0.15, 0.2) is 34.1 Å². The quantitative estimate of drug-likeness (QED) is 0.293. The Balaban J connectivity index is 1.67. The lowest BCUT2D eigenvalue weighted by molar-refractivity contribution is -0.134. The first-order valence-corrected chi connectivity index (χ1v) is 14.8. The largest absolute Gasteiger partial charge is 0.449 e. The molecule has 14 heteroatoms. The highest BCUT2D eigenvalue weighted by Gasteiger charge is 2.35. The summed E-state index contributed by atoms with van der Waals surface area (Å²) in [6, 6.07) is 7.73. The van der Waals surface area contributed by atoms with Gasteiger partial charge in [-0.15, -0.1) is 11.3 Å². The predicted octanol–water partition coefficient (Wildman–Crippen LogP) is 2.93. The smallest absolute Gasteiger partial charge is 0.409 e. The molecule has 2 heterocycles. The van der Waals surface area contributed by atoms with Crippen molar-refractivity contribution in [2.24, 2.45) is 0 Å². The average molecular weight is 603 g/mol. The van der Waals surface area contributed by atoms with Crippen LogP contribution in [0.3, 0.4) is 0 Å². The van der Waals surface area contributed by atoms with Crippen molar-refractivity contribution in [3.8, 4) is 11.3 Å². The van der Waals surface area contributed by atoms with Gasteiger partial charge in [-0.25, -0.2) is 9.78 Å². The molecule has 3 amide bonds. The SMILES string of the molecule is CCCCOC(=O)N1CCN(C(=O)[C@H](CP(=O)(O)O)NC(=O)c2nc(-c3ccccc3)c(Br)s2)CC1. The summed E-state index contributed by atoms with van der Waals surface area (Å²) in [5.41, 5.74) is 1.33. The van der Waals surface area contributed by atoms with Crippen LogP contribution < -0.4 is 5.32 Å². The Morgan fingerprint density at radius 3 is 2.42 bits per heavy atom. The standard InChI is InChI=1S/C22H28BrN4O7PS/c1-2-3-13-34-22(30)27-11-9-26(10-12-27)21(29)16(14-35(31,32)33)24-19(28)20-25-17(18(23)36-20)15-7-5-4-6-8-15/h4-8,16H,2-3,9-14H2,1H3,(H,24,28)(H2,31,32,33)/t16-/m0/s1. The van der Waals surface area contributed by atoms with Crippen LogP contribution in [0, 0.1) is 0 Å². The number of halogens is 1. The lowest BCUT2D eigenvalue weighted by Gasteiger charge is -2.36. The Morgan fingerprint density at radius 1 is 1.17 bits per heavy atom. The Morgan fingerprint density at radius 2 is 1.81 bits per heavy atom. The molecule has 1 aliphatic rings. The molecule has 11 nitrogen and oxygen atoms in total. The zero-order valence-electron chi connectivity index (χ0n) is 19.6. The number of rotatable bonds is 9. The van der Waals surface area contributed by atoms with Crippen LogP contribution in [0.4, 0.5) is 4.79 Å². The molecular formula is C22H28BrN4O7PS. The molecule has 3 N–H and O–H groups in total. The minimum Gasteiger partial charge on any atom is -0.449 e. The first-order chi connectivity index (χ1) is 17.1. The second kappa shape index (κ2) is 12.8. The molecule has 1 aromatic heterocycles. The van der Waals surface area contributed by atoms with E-state index in [1.807, 2.05) is 37.3 Å². The van der Waals surface area contributed by atoms with Gasteiger partial charge in [-0.2, -0.15) is 0 Å². The number of hydrogen-bond donors (Lipinski definition) is 3. The molecule has 0 radical (unpaired) electrons. The van der Waals surface area contributed by atoms with E-state index in [2.05, 4.69) is 26.2 Å². The molecule has 1 fully saturated rings. The van der Waals surface area contributed by atoms with Crippen molar-refractivity contribution >= 4 is 52.8 Å². The summed E-state index contributed by atoms with van der Waals surface area (Å²) in [6.45, 7) is 3.04. The number of amides is 3. The van der Waals surface area contributed by atoms with Gasteiger partial charge in [-0.05, 0) is 22.4 Å². The molecule has 1 saturated heterocycles. The van der Waals surface area contributed by atoms with Gasteiger partial charge >= 0.3 is 13.7 Å². The van der Waals surface area contributed by atoms with Gasteiger partial charge < -0.3 is 29.6 Å². The number of benzene rings is 1. The summed E-state index contributed by atoms with van der Waals surface area (Å²) < 4.78 is 17.5. The summed E-state index contributed by atoms with van der Waals surface area (Å²) >= 11 is 4.45. The Bertz CT molecular complexity index is 1120. The molecule has 1 atom stereocenters. The van der Waals surface area contributed by atoms with Gasteiger partial charge in [0.05, 0.1) is 22.2 Å².